The maximum atomic E-state index is 12.3. The molecule has 1 N–H and O–H groups in total. The predicted molar refractivity (Wildman–Crippen MR) is 112 cm³/mol. The lowest BCUT2D eigenvalue weighted by atomic mass is 10.1. The molecule has 1 aliphatic rings. The number of ether oxygens (including phenoxy) is 1. The summed E-state index contributed by atoms with van der Waals surface area (Å²) in [4.78, 5) is 48.2. The van der Waals surface area contributed by atoms with Gasteiger partial charge in [-0.15, -0.1) is 0 Å². The van der Waals surface area contributed by atoms with Crippen LogP contribution in [-0.4, -0.2) is 35.9 Å². The van der Waals surface area contributed by atoms with Crippen LogP contribution >= 0.6 is 15.9 Å². The van der Waals surface area contributed by atoms with Crippen LogP contribution in [0.2, 0.25) is 0 Å². The van der Waals surface area contributed by atoms with Gasteiger partial charge in [-0.05, 0) is 42.8 Å². The van der Waals surface area contributed by atoms with Crippen molar-refractivity contribution in [2.24, 2.45) is 5.92 Å². The lowest BCUT2D eigenvalue weighted by molar-refractivity contribution is -0.384. The Hall–Kier alpha value is -3.27. The van der Waals surface area contributed by atoms with Gasteiger partial charge in [0.1, 0.15) is 0 Å². The second-order valence-corrected chi connectivity index (χ2v) is 7.71. The highest BCUT2D eigenvalue weighted by molar-refractivity contribution is 9.10. The minimum absolute atomic E-state index is 0.0523. The second kappa shape index (κ2) is 9.04. The van der Waals surface area contributed by atoms with Gasteiger partial charge in [0.2, 0.25) is 5.91 Å². The molecule has 156 valence electrons. The number of non-ortho nitro benzene ring substituents is 1. The Morgan fingerprint density at radius 2 is 1.97 bits per heavy atom. The fourth-order valence-electron chi connectivity index (χ4n) is 3.08. The van der Waals surface area contributed by atoms with Gasteiger partial charge in [-0.1, -0.05) is 15.9 Å². The first-order valence-electron chi connectivity index (χ1n) is 9.02. The summed E-state index contributed by atoms with van der Waals surface area (Å²) in [5.41, 5.74) is 1.83. The largest absolute Gasteiger partial charge is 0.455 e. The molecule has 0 saturated carbocycles. The van der Waals surface area contributed by atoms with E-state index in [9.17, 15) is 24.5 Å². The number of hydrogen-bond donors (Lipinski definition) is 1. The van der Waals surface area contributed by atoms with Crippen LogP contribution in [0.3, 0.4) is 0 Å². The normalized spacial score (nSPS) is 15.7. The Kier molecular flexibility index (Phi) is 6.46. The van der Waals surface area contributed by atoms with E-state index < -0.39 is 29.3 Å². The van der Waals surface area contributed by atoms with E-state index in [1.54, 1.807) is 12.1 Å². The third-order valence-electron chi connectivity index (χ3n) is 4.64. The summed E-state index contributed by atoms with van der Waals surface area (Å²) in [5.74, 6) is -2.13. The highest BCUT2D eigenvalue weighted by atomic mass is 79.9. The highest BCUT2D eigenvalue weighted by Crippen LogP contribution is 2.27. The molecule has 2 aromatic carbocycles. The summed E-state index contributed by atoms with van der Waals surface area (Å²) in [6.45, 7) is 1.46. The van der Waals surface area contributed by atoms with E-state index >= 15 is 0 Å². The molecule has 1 fully saturated rings. The molecule has 3 rings (SSSR count). The van der Waals surface area contributed by atoms with Crippen molar-refractivity contribution in [2.45, 2.75) is 13.3 Å². The van der Waals surface area contributed by atoms with Crippen LogP contribution in [-0.2, 0) is 19.1 Å². The number of carbonyl (C=O) groups is 3. The van der Waals surface area contributed by atoms with Crippen LogP contribution in [0.5, 0.6) is 0 Å². The zero-order chi connectivity index (χ0) is 21.8. The number of benzene rings is 2. The molecule has 1 heterocycles. The Bertz CT molecular complexity index is 1010. The number of nitro groups is 1. The number of aryl methyl sites for hydroxylation is 1. The Morgan fingerprint density at radius 1 is 1.27 bits per heavy atom. The molecule has 0 unspecified atom stereocenters. The van der Waals surface area contributed by atoms with Crippen molar-refractivity contribution in [3.05, 3.63) is 62.6 Å². The van der Waals surface area contributed by atoms with Crippen molar-refractivity contribution >= 4 is 50.8 Å². The lowest BCUT2D eigenvalue weighted by Crippen LogP contribution is -2.28. The minimum atomic E-state index is -0.713. The summed E-state index contributed by atoms with van der Waals surface area (Å²) in [5, 5.41) is 13.4. The molecule has 0 aliphatic carbocycles. The zero-order valence-corrected chi connectivity index (χ0v) is 17.5. The van der Waals surface area contributed by atoms with Crippen LogP contribution in [0.4, 0.5) is 17.1 Å². The average molecular weight is 476 g/mol. The number of nitro benzene ring substituents is 1. The number of amides is 2. The van der Waals surface area contributed by atoms with Crippen LogP contribution < -0.4 is 10.2 Å². The molecule has 0 spiro atoms. The first kappa shape index (κ1) is 21.4. The van der Waals surface area contributed by atoms with Crippen molar-refractivity contribution in [3.63, 3.8) is 0 Å². The van der Waals surface area contributed by atoms with Gasteiger partial charge in [0.05, 0.1) is 10.8 Å². The molecule has 0 bridgehead atoms. The van der Waals surface area contributed by atoms with Crippen molar-refractivity contribution in [3.8, 4) is 0 Å². The molecular formula is C20H18BrN3O6. The molecule has 10 heteroatoms. The SMILES string of the molecule is Cc1cc(Br)ccc1NC(=O)COC(=O)[C@H]1CC(=O)N(c2ccc([N+](=O)[O-])cc2)C1. The summed E-state index contributed by atoms with van der Waals surface area (Å²) >= 11 is 3.34. The fraction of sp³-hybridized carbons (Fsp3) is 0.250. The fourth-order valence-corrected chi connectivity index (χ4v) is 3.55. The standard InChI is InChI=1S/C20H18BrN3O6/c1-12-8-14(21)2-7-17(12)22-18(25)11-30-20(27)13-9-19(26)23(10-13)15-3-5-16(6-4-15)24(28)29/h2-8,13H,9-11H2,1H3,(H,22,25)/t13-/m0/s1. The number of nitrogens with one attached hydrogen (secondary N) is 1. The zero-order valence-electron chi connectivity index (χ0n) is 16.0. The number of rotatable bonds is 6. The van der Waals surface area contributed by atoms with Crippen molar-refractivity contribution < 1.29 is 24.0 Å². The number of anilines is 2. The Labute approximate surface area is 180 Å². The minimum Gasteiger partial charge on any atom is -0.455 e. The van der Waals surface area contributed by atoms with Gasteiger partial charge < -0.3 is 15.0 Å². The van der Waals surface area contributed by atoms with Crippen molar-refractivity contribution in [2.75, 3.05) is 23.4 Å². The average Bonchev–Trinajstić information content (AvgIpc) is 3.10. The van der Waals surface area contributed by atoms with Gasteiger partial charge in [0.25, 0.3) is 11.6 Å². The summed E-state index contributed by atoms with van der Waals surface area (Å²) in [7, 11) is 0. The highest BCUT2D eigenvalue weighted by Gasteiger charge is 2.36. The maximum Gasteiger partial charge on any atom is 0.311 e. The molecule has 1 atom stereocenters. The summed E-state index contributed by atoms with van der Waals surface area (Å²) < 4.78 is 5.96. The Balaban J connectivity index is 1.54. The first-order valence-corrected chi connectivity index (χ1v) is 9.81. The van der Waals surface area contributed by atoms with E-state index in [4.69, 9.17) is 4.74 Å². The predicted octanol–water partition coefficient (Wildman–Crippen LogP) is 3.20. The van der Waals surface area contributed by atoms with Crippen molar-refractivity contribution in [1.82, 2.24) is 0 Å². The van der Waals surface area contributed by atoms with Crippen molar-refractivity contribution in [1.29, 1.82) is 0 Å². The van der Waals surface area contributed by atoms with E-state index in [2.05, 4.69) is 21.2 Å². The number of esters is 1. The second-order valence-electron chi connectivity index (χ2n) is 6.79. The summed E-state index contributed by atoms with van der Waals surface area (Å²) in [6.07, 6.45) is -0.0523. The topological polar surface area (TPSA) is 119 Å². The van der Waals surface area contributed by atoms with Gasteiger partial charge in [0, 0.05) is 40.9 Å². The molecule has 2 aromatic rings. The Morgan fingerprint density at radius 3 is 2.60 bits per heavy atom. The number of carbonyl (C=O) groups excluding carboxylic acids is 3. The van der Waals surface area contributed by atoms with Crippen LogP contribution in [0, 0.1) is 23.0 Å². The molecule has 1 aliphatic heterocycles. The van der Waals surface area contributed by atoms with Crippen LogP contribution in [0.15, 0.2) is 46.9 Å². The van der Waals surface area contributed by atoms with Gasteiger partial charge in [0.15, 0.2) is 6.61 Å². The first-order chi connectivity index (χ1) is 14.2. The smallest absolute Gasteiger partial charge is 0.311 e. The molecule has 0 aromatic heterocycles. The van der Waals surface area contributed by atoms with Crippen LogP contribution in [0.25, 0.3) is 0 Å². The van der Waals surface area contributed by atoms with E-state index in [-0.39, 0.29) is 24.6 Å². The van der Waals surface area contributed by atoms with Gasteiger partial charge in [-0.25, -0.2) is 0 Å². The lowest BCUT2D eigenvalue weighted by Gasteiger charge is -2.16. The number of halogens is 1. The molecular weight excluding hydrogens is 458 g/mol. The third kappa shape index (κ3) is 5.01. The monoisotopic (exact) mass is 475 g/mol. The number of nitrogens with zero attached hydrogens (tertiary/aromatic N) is 2. The molecule has 30 heavy (non-hydrogen) atoms. The van der Waals surface area contributed by atoms with E-state index in [1.807, 2.05) is 13.0 Å². The van der Waals surface area contributed by atoms with E-state index in [0.717, 1.165) is 10.0 Å². The molecule has 1 saturated heterocycles. The van der Waals surface area contributed by atoms with Gasteiger partial charge >= 0.3 is 5.97 Å². The van der Waals surface area contributed by atoms with Gasteiger partial charge in [-0.3, -0.25) is 24.5 Å². The van der Waals surface area contributed by atoms with Crippen LogP contribution in [0.1, 0.15) is 12.0 Å². The third-order valence-corrected chi connectivity index (χ3v) is 5.13. The molecule has 2 amide bonds. The molecule has 9 nitrogen and oxygen atoms in total. The number of hydrogen-bond acceptors (Lipinski definition) is 6. The van der Waals surface area contributed by atoms with Gasteiger partial charge in [-0.2, -0.15) is 0 Å². The molecule has 0 radical (unpaired) electrons. The van der Waals surface area contributed by atoms with E-state index in [1.165, 1.54) is 29.2 Å². The summed E-state index contributed by atoms with van der Waals surface area (Å²) in [6, 6.07) is 10.9. The van der Waals surface area contributed by atoms with E-state index in [0.29, 0.717) is 11.4 Å². The quantitative estimate of drug-likeness (QED) is 0.389. The maximum absolute atomic E-state index is 12.3.